The third-order valence-corrected chi connectivity index (χ3v) is 3.56. The highest BCUT2D eigenvalue weighted by atomic mass is 16.3. The van der Waals surface area contributed by atoms with Gasteiger partial charge in [-0.1, -0.05) is 13.0 Å². The highest BCUT2D eigenvalue weighted by Crippen LogP contribution is 2.17. The zero-order valence-corrected chi connectivity index (χ0v) is 11.4. The molecule has 2 N–H and O–H groups in total. The number of nitrogens with one attached hydrogen (secondary N) is 1. The van der Waals surface area contributed by atoms with Gasteiger partial charge in [0.15, 0.2) is 0 Å². The molecule has 0 aliphatic carbocycles. The van der Waals surface area contributed by atoms with Crippen LogP contribution in [-0.2, 0) is 0 Å². The highest BCUT2D eigenvalue weighted by molar-refractivity contribution is 5.94. The number of hydrogen-bond acceptors (Lipinski definition) is 3. The number of hydrogen-bond donors (Lipinski definition) is 2. The number of carbonyl (C=O) groups is 1. The molecule has 0 radical (unpaired) electrons. The smallest absolute Gasteiger partial charge is 0.253 e. The summed E-state index contributed by atoms with van der Waals surface area (Å²) >= 11 is 0. The molecule has 1 aliphatic rings. The van der Waals surface area contributed by atoms with Gasteiger partial charge >= 0.3 is 0 Å². The number of nitrogens with zero attached hydrogens (tertiary/aromatic N) is 1. The summed E-state index contributed by atoms with van der Waals surface area (Å²) in [7, 11) is 0. The molecule has 4 heteroatoms. The molecule has 2 rings (SSSR count). The van der Waals surface area contributed by atoms with Crippen LogP contribution in [0.5, 0.6) is 5.75 Å². The van der Waals surface area contributed by atoms with Crippen molar-refractivity contribution in [1.29, 1.82) is 0 Å². The van der Waals surface area contributed by atoms with Crippen LogP contribution in [0.3, 0.4) is 0 Å². The summed E-state index contributed by atoms with van der Waals surface area (Å²) < 4.78 is 0. The molecule has 0 saturated carbocycles. The van der Waals surface area contributed by atoms with Crippen molar-refractivity contribution in [3.63, 3.8) is 0 Å². The maximum Gasteiger partial charge on any atom is 0.253 e. The Hall–Kier alpha value is -1.55. The van der Waals surface area contributed by atoms with Gasteiger partial charge in [0.25, 0.3) is 5.91 Å². The molecule has 1 aliphatic heterocycles. The standard InChI is InChI=1S/C15H22N2O2/c1-2-8-16-13-6-9-17(10-7-13)15(19)12-4-3-5-14(18)11-12/h3-5,11,13,16,18H,2,6-10H2,1H3. The molecule has 0 aromatic heterocycles. The summed E-state index contributed by atoms with van der Waals surface area (Å²) in [6.07, 6.45) is 3.15. The lowest BCUT2D eigenvalue weighted by atomic mass is 10.0. The molecule has 1 fully saturated rings. The van der Waals surface area contributed by atoms with E-state index < -0.39 is 0 Å². The van der Waals surface area contributed by atoms with Crippen LogP contribution in [0.25, 0.3) is 0 Å². The van der Waals surface area contributed by atoms with Crippen LogP contribution in [0.15, 0.2) is 24.3 Å². The van der Waals surface area contributed by atoms with Gasteiger partial charge in [0.05, 0.1) is 0 Å². The van der Waals surface area contributed by atoms with E-state index in [2.05, 4.69) is 12.2 Å². The van der Waals surface area contributed by atoms with Crippen LogP contribution >= 0.6 is 0 Å². The lowest BCUT2D eigenvalue weighted by molar-refractivity contribution is 0.0705. The number of rotatable bonds is 4. The van der Waals surface area contributed by atoms with Crippen molar-refractivity contribution in [2.75, 3.05) is 19.6 Å². The van der Waals surface area contributed by atoms with E-state index in [1.165, 1.54) is 6.07 Å². The number of carbonyl (C=O) groups excluding carboxylic acids is 1. The number of phenols is 1. The topological polar surface area (TPSA) is 52.6 Å². The first-order valence-corrected chi connectivity index (χ1v) is 7.02. The Kier molecular flexibility index (Phi) is 4.80. The molecule has 1 saturated heterocycles. The second kappa shape index (κ2) is 6.57. The predicted molar refractivity (Wildman–Crippen MR) is 75.3 cm³/mol. The van der Waals surface area contributed by atoms with Crippen molar-refractivity contribution in [3.05, 3.63) is 29.8 Å². The number of benzene rings is 1. The molecule has 104 valence electrons. The van der Waals surface area contributed by atoms with Crippen LogP contribution in [0, 0.1) is 0 Å². The number of piperidine rings is 1. The summed E-state index contributed by atoms with van der Waals surface area (Å²) in [5, 5.41) is 12.9. The first-order chi connectivity index (χ1) is 9.20. The van der Waals surface area contributed by atoms with E-state index in [0.29, 0.717) is 11.6 Å². The average Bonchev–Trinajstić information content (AvgIpc) is 2.45. The van der Waals surface area contributed by atoms with E-state index in [-0.39, 0.29) is 11.7 Å². The third-order valence-electron chi connectivity index (χ3n) is 3.56. The van der Waals surface area contributed by atoms with Gasteiger partial charge in [0.2, 0.25) is 0 Å². The van der Waals surface area contributed by atoms with Crippen LogP contribution in [0.1, 0.15) is 36.5 Å². The molecule has 0 spiro atoms. The van der Waals surface area contributed by atoms with E-state index in [1.807, 2.05) is 4.90 Å². The van der Waals surface area contributed by atoms with Gasteiger partial charge in [0, 0.05) is 24.7 Å². The minimum atomic E-state index is 0.0184. The molecule has 1 amide bonds. The Morgan fingerprint density at radius 1 is 1.42 bits per heavy atom. The molecule has 0 bridgehead atoms. The summed E-state index contributed by atoms with van der Waals surface area (Å²) in [5.41, 5.74) is 0.569. The molecule has 0 atom stereocenters. The van der Waals surface area contributed by atoms with Crippen LogP contribution in [0.4, 0.5) is 0 Å². The first-order valence-electron chi connectivity index (χ1n) is 7.02. The quantitative estimate of drug-likeness (QED) is 0.872. The normalized spacial score (nSPS) is 16.6. The predicted octanol–water partition coefficient (Wildman–Crippen LogP) is 2.00. The summed E-state index contributed by atoms with van der Waals surface area (Å²) in [6, 6.07) is 7.11. The highest BCUT2D eigenvalue weighted by Gasteiger charge is 2.23. The van der Waals surface area contributed by atoms with Gasteiger partial charge in [-0.15, -0.1) is 0 Å². The fraction of sp³-hybridized carbons (Fsp3) is 0.533. The zero-order chi connectivity index (χ0) is 13.7. The van der Waals surface area contributed by atoms with Gasteiger partial charge in [-0.05, 0) is 44.0 Å². The van der Waals surface area contributed by atoms with E-state index in [1.54, 1.807) is 18.2 Å². The Balaban J connectivity index is 1.89. The number of likely N-dealkylation sites (tertiary alicyclic amines) is 1. The largest absolute Gasteiger partial charge is 0.508 e. The van der Waals surface area contributed by atoms with Crippen molar-refractivity contribution < 1.29 is 9.90 Å². The Morgan fingerprint density at radius 3 is 2.79 bits per heavy atom. The fourth-order valence-electron chi connectivity index (χ4n) is 2.46. The molecule has 1 aromatic carbocycles. The number of amides is 1. The summed E-state index contributed by atoms with van der Waals surface area (Å²) in [5.74, 6) is 0.162. The maximum atomic E-state index is 12.3. The van der Waals surface area contributed by atoms with Gasteiger partial charge in [-0.2, -0.15) is 0 Å². The number of phenolic OH excluding ortho intramolecular Hbond substituents is 1. The maximum absolute atomic E-state index is 12.3. The fourth-order valence-corrected chi connectivity index (χ4v) is 2.46. The zero-order valence-electron chi connectivity index (χ0n) is 11.4. The monoisotopic (exact) mass is 262 g/mol. The van der Waals surface area contributed by atoms with E-state index in [0.717, 1.165) is 38.9 Å². The Morgan fingerprint density at radius 2 is 2.16 bits per heavy atom. The Bertz CT molecular complexity index is 426. The number of aromatic hydroxyl groups is 1. The van der Waals surface area contributed by atoms with Crippen LogP contribution in [-0.4, -0.2) is 41.6 Å². The first kappa shape index (κ1) is 13.9. The summed E-state index contributed by atoms with van der Waals surface area (Å²) in [6.45, 7) is 4.78. The molecule has 1 aromatic rings. The van der Waals surface area contributed by atoms with Crippen molar-refractivity contribution in [1.82, 2.24) is 10.2 Å². The van der Waals surface area contributed by atoms with Gasteiger partial charge in [-0.25, -0.2) is 0 Å². The van der Waals surface area contributed by atoms with E-state index in [4.69, 9.17) is 0 Å². The van der Waals surface area contributed by atoms with E-state index in [9.17, 15) is 9.90 Å². The summed E-state index contributed by atoms with van der Waals surface area (Å²) in [4.78, 5) is 14.1. The third kappa shape index (κ3) is 3.70. The lowest BCUT2D eigenvalue weighted by Crippen LogP contribution is -2.45. The van der Waals surface area contributed by atoms with Gasteiger partial charge < -0.3 is 15.3 Å². The minimum absolute atomic E-state index is 0.0184. The average molecular weight is 262 g/mol. The second-order valence-corrected chi connectivity index (χ2v) is 5.07. The molecule has 4 nitrogen and oxygen atoms in total. The molecule has 1 heterocycles. The van der Waals surface area contributed by atoms with Crippen LogP contribution in [0.2, 0.25) is 0 Å². The van der Waals surface area contributed by atoms with Crippen LogP contribution < -0.4 is 5.32 Å². The SMILES string of the molecule is CCCNC1CCN(C(=O)c2cccc(O)c2)CC1. The van der Waals surface area contributed by atoms with Crippen molar-refractivity contribution in [2.24, 2.45) is 0 Å². The molecule has 19 heavy (non-hydrogen) atoms. The van der Waals surface area contributed by atoms with Crippen molar-refractivity contribution in [2.45, 2.75) is 32.2 Å². The van der Waals surface area contributed by atoms with Gasteiger partial charge in [0.1, 0.15) is 5.75 Å². The Labute approximate surface area is 114 Å². The van der Waals surface area contributed by atoms with Crippen molar-refractivity contribution >= 4 is 5.91 Å². The molecule has 0 unspecified atom stereocenters. The molecular formula is C15H22N2O2. The lowest BCUT2D eigenvalue weighted by Gasteiger charge is -2.32. The second-order valence-electron chi connectivity index (χ2n) is 5.07. The minimum Gasteiger partial charge on any atom is -0.508 e. The van der Waals surface area contributed by atoms with E-state index >= 15 is 0 Å². The van der Waals surface area contributed by atoms with Gasteiger partial charge in [-0.3, -0.25) is 4.79 Å². The van der Waals surface area contributed by atoms with Crippen molar-refractivity contribution in [3.8, 4) is 5.75 Å². The molecular weight excluding hydrogens is 240 g/mol.